The van der Waals surface area contributed by atoms with Gasteiger partial charge in [-0.05, 0) is 25.7 Å². The van der Waals surface area contributed by atoms with Crippen LogP contribution < -0.4 is 5.32 Å². The van der Waals surface area contributed by atoms with Gasteiger partial charge in [-0.1, -0.05) is 25.7 Å². The standard InChI is InChI=1S/C13H22N2S/c1-11(12-6-4-2-3-5-7-12)15-10-13-14-8-9-16-13/h8-9,11-12,15H,2-7,10H2,1H3/t11-/m0/s1. The van der Waals surface area contributed by atoms with E-state index in [2.05, 4.69) is 17.2 Å². The maximum atomic E-state index is 4.31. The molecule has 2 nitrogen and oxygen atoms in total. The van der Waals surface area contributed by atoms with E-state index in [1.54, 1.807) is 11.3 Å². The average Bonchev–Trinajstić information content (AvgIpc) is 2.66. The van der Waals surface area contributed by atoms with E-state index in [-0.39, 0.29) is 0 Å². The van der Waals surface area contributed by atoms with E-state index < -0.39 is 0 Å². The fourth-order valence-corrected chi connectivity index (χ4v) is 3.13. The fourth-order valence-electron chi connectivity index (χ4n) is 2.57. The normalized spacial score (nSPS) is 20.6. The van der Waals surface area contributed by atoms with Gasteiger partial charge < -0.3 is 5.32 Å². The molecule has 1 N–H and O–H groups in total. The molecular weight excluding hydrogens is 216 g/mol. The van der Waals surface area contributed by atoms with Gasteiger partial charge in [-0.2, -0.15) is 0 Å². The lowest BCUT2D eigenvalue weighted by Crippen LogP contribution is -2.32. The van der Waals surface area contributed by atoms with Crippen molar-refractivity contribution < 1.29 is 0 Å². The lowest BCUT2D eigenvalue weighted by atomic mass is 9.93. The van der Waals surface area contributed by atoms with Crippen LogP contribution in [-0.4, -0.2) is 11.0 Å². The average molecular weight is 238 g/mol. The Morgan fingerprint density at radius 3 is 2.75 bits per heavy atom. The number of rotatable bonds is 4. The summed E-state index contributed by atoms with van der Waals surface area (Å²) >= 11 is 1.74. The van der Waals surface area contributed by atoms with Gasteiger partial charge in [0.2, 0.25) is 0 Å². The zero-order valence-electron chi connectivity index (χ0n) is 10.1. The van der Waals surface area contributed by atoms with Crippen LogP contribution in [0.5, 0.6) is 0 Å². The molecule has 90 valence electrons. The summed E-state index contributed by atoms with van der Waals surface area (Å²) in [6, 6.07) is 0.641. The van der Waals surface area contributed by atoms with Crippen molar-refractivity contribution in [2.24, 2.45) is 5.92 Å². The first-order chi connectivity index (χ1) is 7.86. The molecule has 1 saturated carbocycles. The lowest BCUT2D eigenvalue weighted by Gasteiger charge is -2.23. The van der Waals surface area contributed by atoms with Crippen LogP contribution in [-0.2, 0) is 6.54 Å². The van der Waals surface area contributed by atoms with Crippen LogP contribution >= 0.6 is 11.3 Å². The zero-order chi connectivity index (χ0) is 11.2. The predicted octanol–water partition coefficient (Wildman–Crippen LogP) is 3.59. The molecule has 1 fully saturated rings. The number of nitrogens with one attached hydrogen (secondary N) is 1. The second-order valence-electron chi connectivity index (χ2n) is 4.85. The molecule has 0 aromatic carbocycles. The van der Waals surface area contributed by atoms with E-state index in [1.165, 1.54) is 43.5 Å². The second-order valence-corrected chi connectivity index (χ2v) is 5.83. The van der Waals surface area contributed by atoms with Crippen LogP contribution in [0.4, 0.5) is 0 Å². The molecule has 1 aliphatic rings. The highest BCUT2D eigenvalue weighted by Crippen LogP contribution is 2.25. The Morgan fingerprint density at radius 2 is 2.12 bits per heavy atom. The molecule has 16 heavy (non-hydrogen) atoms. The van der Waals surface area contributed by atoms with Crippen LogP contribution in [0.2, 0.25) is 0 Å². The topological polar surface area (TPSA) is 24.9 Å². The highest BCUT2D eigenvalue weighted by Gasteiger charge is 2.18. The Bertz CT molecular complexity index is 276. The van der Waals surface area contributed by atoms with Gasteiger partial charge in [-0.15, -0.1) is 11.3 Å². The fraction of sp³-hybridized carbons (Fsp3) is 0.769. The molecule has 3 heteroatoms. The maximum absolute atomic E-state index is 4.31. The molecule has 1 aromatic rings. The molecule has 0 unspecified atom stereocenters. The van der Waals surface area contributed by atoms with Crippen molar-refractivity contribution in [2.75, 3.05) is 0 Å². The van der Waals surface area contributed by atoms with E-state index >= 15 is 0 Å². The number of nitrogens with zero attached hydrogens (tertiary/aromatic N) is 1. The molecule has 0 spiro atoms. The smallest absolute Gasteiger partial charge is 0.106 e. The summed E-state index contributed by atoms with van der Waals surface area (Å²) in [4.78, 5) is 4.31. The minimum atomic E-state index is 0.641. The molecule has 1 heterocycles. The summed E-state index contributed by atoms with van der Waals surface area (Å²) < 4.78 is 0. The number of hydrogen-bond donors (Lipinski definition) is 1. The molecule has 1 aliphatic carbocycles. The van der Waals surface area contributed by atoms with Crippen LogP contribution in [0.15, 0.2) is 11.6 Å². The highest BCUT2D eigenvalue weighted by atomic mass is 32.1. The summed E-state index contributed by atoms with van der Waals surface area (Å²) in [5.74, 6) is 0.877. The molecule has 0 bridgehead atoms. The summed E-state index contributed by atoms with van der Waals surface area (Å²) in [5, 5.41) is 6.89. The van der Waals surface area contributed by atoms with E-state index in [4.69, 9.17) is 0 Å². The largest absolute Gasteiger partial charge is 0.308 e. The quantitative estimate of drug-likeness (QED) is 0.811. The Hall–Kier alpha value is -0.410. The molecule has 0 amide bonds. The minimum absolute atomic E-state index is 0.641. The van der Waals surface area contributed by atoms with Crippen molar-refractivity contribution in [3.63, 3.8) is 0 Å². The Labute approximate surface area is 102 Å². The van der Waals surface area contributed by atoms with Crippen molar-refractivity contribution in [3.8, 4) is 0 Å². The minimum Gasteiger partial charge on any atom is -0.308 e. The summed E-state index contributed by atoms with van der Waals surface area (Å²) in [6.07, 6.45) is 10.4. The van der Waals surface area contributed by atoms with Crippen LogP contribution in [0.1, 0.15) is 50.5 Å². The third kappa shape index (κ3) is 3.56. The summed E-state index contributed by atoms with van der Waals surface area (Å²) in [7, 11) is 0. The Balaban J connectivity index is 1.75. The number of hydrogen-bond acceptors (Lipinski definition) is 3. The first-order valence-electron chi connectivity index (χ1n) is 6.48. The van der Waals surface area contributed by atoms with Crippen LogP contribution in [0, 0.1) is 5.92 Å². The van der Waals surface area contributed by atoms with Gasteiger partial charge >= 0.3 is 0 Å². The molecule has 2 rings (SSSR count). The summed E-state index contributed by atoms with van der Waals surface area (Å²) in [5.41, 5.74) is 0. The summed E-state index contributed by atoms with van der Waals surface area (Å²) in [6.45, 7) is 3.28. The highest BCUT2D eigenvalue weighted by molar-refractivity contribution is 7.09. The molecule has 0 saturated heterocycles. The van der Waals surface area contributed by atoms with Crippen molar-refractivity contribution in [1.82, 2.24) is 10.3 Å². The van der Waals surface area contributed by atoms with E-state index in [1.807, 2.05) is 11.6 Å². The van der Waals surface area contributed by atoms with Crippen LogP contribution in [0.25, 0.3) is 0 Å². The number of aromatic nitrogens is 1. The molecular formula is C13H22N2S. The van der Waals surface area contributed by atoms with E-state index in [9.17, 15) is 0 Å². The lowest BCUT2D eigenvalue weighted by molar-refractivity contribution is 0.336. The zero-order valence-corrected chi connectivity index (χ0v) is 10.9. The van der Waals surface area contributed by atoms with Crippen molar-refractivity contribution in [1.29, 1.82) is 0 Å². The first kappa shape index (κ1) is 12.1. The number of thiazole rings is 1. The van der Waals surface area contributed by atoms with Gasteiger partial charge in [0.25, 0.3) is 0 Å². The molecule has 0 radical (unpaired) electrons. The molecule has 0 aliphatic heterocycles. The Morgan fingerprint density at radius 1 is 1.38 bits per heavy atom. The van der Waals surface area contributed by atoms with Gasteiger partial charge in [-0.3, -0.25) is 0 Å². The molecule has 1 atom stereocenters. The monoisotopic (exact) mass is 238 g/mol. The van der Waals surface area contributed by atoms with Gasteiger partial charge in [-0.25, -0.2) is 4.98 Å². The van der Waals surface area contributed by atoms with Gasteiger partial charge in [0.1, 0.15) is 5.01 Å². The van der Waals surface area contributed by atoms with Gasteiger partial charge in [0.05, 0.1) is 0 Å². The maximum Gasteiger partial charge on any atom is 0.106 e. The second kappa shape index (κ2) is 6.36. The van der Waals surface area contributed by atoms with Gasteiger partial charge in [0, 0.05) is 24.2 Å². The van der Waals surface area contributed by atoms with Crippen molar-refractivity contribution in [2.45, 2.75) is 58.0 Å². The van der Waals surface area contributed by atoms with E-state index in [0.29, 0.717) is 6.04 Å². The SMILES string of the molecule is C[C@H](NCc1nccs1)C1CCCCCC1. The Kier molecular flexibility index (Phi) is 4.79. The van der Waals surface area contributed by atoms with Crippen LogP contribution in [0.3, 0.4) is 0 Å². The predicted molar refractivity (Wildman–Crippen MR) is 69.6 cm³/mol. The van der Waals surface area contributed by atoms with Crippen molar-refractivity contribution in [3.05, 3.63) is 16.6 Å². The third-order valence-electron chi connectivity index (χ3n) is 3.67. The third-order valence-corrected chi connectivity index (χ3v) is 4.45. The van der Waals surface area contributed by atoms with Gasteiger partial charge in [0.15, 0.2) is 0 Å². The van der Waals surface area contributed by atoms with E-state index in [0.717, 1.165) is 12.5 Å². The molecule has 1 aromatic heterocycles. The van der Waals surface area contributed by atoms with Crippen molar-refractivity contribution >= 4 is 11.3 Å². The first-order valence-corrected chi connectivity index (χ1v) is 7.36.